The average molecular weight is 236 g/mol. The van der Waals surface area contributed by atoms with Crippen LogP contribution in [0.25, 0.3) is 0 Å². The van der Waals surface area contributed by atoms with E-state index < -0.39 is 0 Å². The van der Waals surface area contributed by atoms with E-state index in [2.05, 4.69) is 17.1 Å². The van der Waals surface area contributed by atoms with Crippen LogP contribution >= 0.6 is 0 Å². The Morgan fingerprint density at radius 1 is 1.24 bits per heavy atom. The van der Waals surface area contributed by atoms with Crippen molar-refractivity contribution in [2.75, 3.05) is 25.0 Å². The summed E-state index contributed by atoms with van der Waals surface area (Å²) in [6.07, 6.45) is 3.59. The van der Waals surface area contributed by atoms with Crippen LogP contribution in [0, 0.1) is 5.82 Å². The highest BCUT2D eigenvalue weighted by molar-refractivity contribution is 5.43. The van der Waals surface area contributed by atoms with E-state index in [9.17, 15) is 4.39 Å². The second-order valence-electron chi connectivity index (χ2n) is 4.77. The highest BCUT2D eigenvalue weighted by Gasteiger charge is 2.17. The van der Waals surface area contributed by atoms with Gasteiger partial charge in [0, 0.05) is 24.8 Å². The summed E-state index contributed by atoms with van der Waals surface area (Å²) in [5.41, 5.74) is 1.03. The van der Waals surface area contributed by atoms with Crippen LogP contribution in [0.3, 0.4) is 0 Å². The third kappa shape index (κ3) is 3.70. The Hall–Kier alpha value is -1.09. The molecule has 0 spiro atoms. The fourth-order valence-electron chi connectivity index (χ4n) is 2.40. The van der Waals surface area contributed by atoms with Gasteiger partial charge >= 0.3 is 0 Å². The van der Waals surface area contributed by atoms with Crippen molar-refractivity contribution in [1.29, 1.82) is 0 Å². The predicted octanol–water partition coefficient (Wildman–Crippen LogP) is 3.11. The molecule has 1 N–H and O–H groups in total. The number of likely N-dealkylation sites (tertiary alicyclic amines) is 1. The van der Waals surface area contributed by atoms with Crippen molar-refractivity contribution in [2.45, 2.75) is 32.2 Å². The molecule has 3 heteroatoms. The molecule has 0 saturated carbocycles. The molecule has 1 saturated heterocycles. The molecule has 1 aliphatic rings. The molecule has 94 valence electrons. The summed E-state index contributed by atoms with van der Waals surface area (Å²) in [6.45, 7) is 5.78. The van der Waals surface area contributed by atoms with Gasteiger partial charge in [0.05, 0.1) is 0 Å². The molecule has 2 rings (SSSR count). The first-order valence-electron chi connectivity index (χ1n) is 6.52. The van der Waals surface area contributed by atoms with Crippen LogP contribution in [0.1, 0.15) is 26.2 Å². The minimum absolute atomic E-state index is 0.173. The van der Waals surface area contributed by atoms with Gasteiger partial charge in [-0.3, -0.25) is 0 Å². The van der Waals surface area contributed by atoms with E-state index in [4.69, 9.17) is 0 Å². The average Bonchev–Trinajstić information content (AvgIpc) is 2.35. The van der Waals surface area contributed by atoms with Crippen LogP contribution in [0.15, 0.2) is 24.3 Å². The van der Waals surface area contributed by atoms with E-state index in [1.54, 1.807) is 0 Å². The number of anilines is 1. The maximum absolute atomic E-state index is 12.8. The smallest absolute Gasteiger partial charge is 0.123 e. The molecule has 1 aliphatic heterocycles. The van der Waals surface area contributed by atoms with Gasteiger partial charge in [0.2, 0.25) is 0 Å². The lowest BCUT2D eigenvalue weighted by atomic mass is 10.0. The molecule has 2 nitrogen and oxygen atoms in total. The molecule has 1 aromatic carbocycles. The highest BCUT2D eigenvalue weighted by atomic mass is 19.1. The van der Waals surface area contributed by atoms with Gasteiger partial charge in [-0.15, -0.1) is 0 Å². The molecular formula is C14H21FN2. The molecular weight excluding hydrogens is 215 g/mol. The van der Waals surface area contributed by atoms with Crippen LogP contribution in [0.4, 0.5) is 10.1 Å². The predicted molar refractivity (Wildman–Crippen MR) is 69.8 cm³/mol. The number of rotatable bonds is 4. The molecule has 0 aliphatic carbocycles. The van der Waals surface area contributed by atoms with Gasteiger partial charge in [-0.05, 0) is 50.1 Å². The number of halogens is 1. The maximum atomic E-state index is 12.8. The molecule has 0 atom stereocenters. The van der Waals surface area contributed by atoms with Crippen molar-refractivity contribution in [3.63, 3.8) is 0 Å². The van der Waals surface area contributed by atoms with Crippen molar-refractivity contribution < 1.29 is 4.39 Å². The van der Waals surface area contributed by atoms with Crippen LogP contribution in [-0.2, 0) is 0 Å². The van der Waals surface area contributed by atoms with E-state index in [-0.39, 0.29) is 5.82 Å². The molecule has 0 aromatic heterocycles. The summed E-state index contributed by atoms with van der Waals surface area (Å²) in [6, 6.07) is 7.18. The zero-order valence-corrected chi connectivity index (χ0v) is 10.5. The summed E-state index contributed by atoms with van der Waals surface area (Å²) in [7, 11) is 0. The van der Waals surface area contributed by atoms with Crippen molar-refractivity contribution in [1.82, 2.24) is 4.90 Å². The summed E-state index contributed by atoms with van der Waals surface area (Å²) >= 11 is 0. The highest BCUT2D eigenvalue weighted by Crippen LogP contribution is 2.17. The van der Waals surface area contributed by atoms with Crippen molar-refractivity contribution in [3.05, 3.63) is 30.1 Å². The standard InChI is InChI=1S/C14H21FN2/c1-2-9-17-10-7-14(8-11-17)16-13-5-3-12(15)4-6-13/h3-6,14,16H,2,7-11H2,1H3. The lowest BCUT2D eigenvalue weighted by molar-refractivity contribution is 0.219. The summed E-state index contributed by atoms with van der Waals surface area (Å²) < 4.78 is 12.8. The molecule has 0 radical (unpaired) electrons. The van der Waals surface area contributed by atoms with Crippen molar-refractivity contribution in [3.8, 4) is 0 Å². The topological polar surface area (TPSA) is 15.3 Å². The first-order chi connectivity index (χ1) is 8.28. The van der Waals surface area contributed by atoms with Gasteiger partial charge in [-0.1, -0.05) is 6.92 Å². The van der Waals surface area contributed by atoms with E-state index >= 15 is 0 Å². The van der Waals surface area contributed by atoms with E-state index in [1.807, 2.05) is 12.1 Å². The number of benzene rings is 1. The fourth-order valence-corrected chi connectivity index (χ4v) is 2.40. The van der Waals surface area contributed by atoms with Gasteiger partial charge in [0.1, 0.15) is 5.82 Å². The third-order valence-corrected chi connectivity index (χ3v) is 3.34. The molecule has 0 unspecified atom stereocenters. The summed E-state index contributed by atoms with van der Waals surface area (Å²) in [5.74, 6) is -0.173. The van der Waals surface area contributed by atoms with Gasteiger partial charge in [0.25, 0.3) is 0 Å². The van der Waals surface area contributed by atoms with Gasteiger partial charge in [-0.2, -0.15) is 0 Å². The van der Waals surface area contributed by atoms with Crippen molar-refractivity contribution >= 4 is 5.69 Å². The number of nitrogens with one attached hydrogen (secondary N) is 1. The van der Waals surface area contributed by atoms with Gasteiger partial charge < -0.3 is 10.2 Å². The Morgan fingerprint density at radius 3 is 2.47 bits per heavy atom. The molecule has 0 bridgehead atoms. The normalized spacial score (nSPS) is 18.2. The number of hydrogen-bond donors (Lipinski definition) is 1. The molecule has 0 amide bonds. The Labute approximate surface area is 103 Å². The fraction of sp³-hybridized carbons (Fsp3) is 0.571. The Bertz CT molecular complexity index is 329. The number of piperidine rings is 1. The number of hydrogen-bond acceptors (Lipinski definition) is 2. The van der Waals surface area contributed by atoms with Crippen LogP contribution < -0.4 is 5.32 Å². The molecule has 1 heterocycles. The van der Waals surface area contributed by atoms with Gasteiger partial charge in [-0.25, -0.2) is 4.39 Å². The van der Waals surface area contributed by atoms with E-state index in [0.717, 1.165) is 5.69 Å². The molecule has 1 fully saturated rings. The SMILES string of the molecule is CCCN1CCC(Nc2ccc(F)cc2)CC1. The summed E-state index contributed by atoms with van der Waals surface area (Å²) in [5, 5.41) is 3.48. The summed E-state index contributed by atoms with van der Waals surface area (Å²) in [4.78, 5) is 2.52. The Morgan fingerprint density at radius 2 is 1.88 bits per heavy atom. The third-order valence-electron chi connectivity index (χ3n) is 3.34. The minimum atomic E-state index is -0.173. The van der Waals surface area contributed by atoms with Crippen LogP contribution in [0.2, 0.25) is 0 Å². The first-order valence-corrected chi connectivity index (χ1v) is 6.52. The largest absolute Gasteiger partial charge is 0.382 e. The van der Waals surface area contributed by atoms with Gasteiger partial charge in [0.15, 0.2) is 0 Å². The Kier molecular flexibility index (Phi) is 4.37. The zero-order chi connectivity index (χ0) is 12.1. The monoisotopic (exact) mass is 236 g/mol. The lowest BCUT2D eigenvalue weighted by Crippen LogP contribution is -2.39. The van der Waals surface area contributed by atoms with Crippen LogP contribution in [0.5, 0.6) is 0 Å². The van der Waals surface area contributed by atoms with E-state index in [0.29, 0.717) is 6.04 Å². The minimum Gasteiger partial charge on any atom is -0.382 e. The number of nitrogens with zero attached hydrogens (tertiary/aromatic N) is 1. The lowest BCUT2D eigenvalue weighted by Gasteiger charge is -2.32. The van der Waals surface area contributed by atoms with Crippen LogP contribution in [-0.4, -0.2) is 30.6 Å². The molecule has 17 heavy (non-hydrogen) atoms. The second kappa shape index (κ2) is 6.01. The van der Waals surface area contributed by atoms with E-state index in [1.165, 1.54) is 51.0 Å². The quantitative estimate of drug-likeness (QED) is 0.864. The first kappa shape index (κ1) is 12.4. The second-order valence-corrected chi connectivity index (χ2v) is 4.77. The van der Waals surface area contributed by atoms with Crippen molar-refractivity contribution in [2.24, 2.45) is 0 Å². The Balaban J connectivity index is 1.79. The maximum Gasteiger partial charge on any atom is 0.123 e. The molecule has 1 aromatic rings. The zero-order valence-electron chi connectivity index (χ0n) is 10.5.